The number of ketones is 1. The number of carbonyl (C=O) groups is 3. The number of amides is 2. The molecule has 142 valence electrons. The van der Waals surface area contributed by atoms with Crippen molar-refractivity contribution in [1.29, 1.82) is 0 Å². The zero-order valence-corrected chi connectivity index (χ0v) is 14.8. The number of alkyl halides is 3. The SMILES string of the molecule is Cc1ccccc1NC(=O)C(=O)N/N=C(/CC(=O)c1cccs1)C(F)(F)F. The quantitative estimate of drug-likeness (QED) is 0.351. The summed E-state index contributed by atoms with van der Waals surface area (Å²) in [6, 6.07) is 9.47. The summed E-state index contributed by atoms with van der Waals surface area (Å²) in [4.78, 5) is 35.5. The highest BCUT2D eigenvalue weighted by molar-refractivity contribution is 7.12. The van der Waals surface area contributed by atoms with Crippen molar-refractivity contribution in [2.45, 2.75) is 19.5 Å². The summed E-state index contributed by atoms with van der Waals surface area (Å²) in [6.45, 7) is 1.68. The van der Waals surface area contributed by atoms with Crippen molar-refractivity contribution < 1.29 is 27.6 Å². The van der Waals surface area contributed by atoms with Crippen molar-refractivity contribution >= 4 is 40.3 Å². The molecule has 0 bridgehead atoms. The van der Waals surface area contributed by atoms with Crippen molar-refractivity contribution in [1.82, 2.24) is 5.43 Å². The Balaban J connectivity index is 2.06. The molecule has 0 radical (unpaired) electrons. The first-order chi connectivity index (χ1) is 12.7. The Morgan fingerprint density at radius 2 is 1.78 bits per heavy atom. The Morgan fingerprint density at radius 1 is 1.07 bits per heavy atom. The van der Waals surface area contributed by atoms with E-state index in [1.54, 1.807) is 35.9 Å². The van der Waals surface area contributed by atoms with Gasteiger partial charge in [-0.1, -0.05) is 24.3 Å². The van der Waals surface area contributed by atoms with Gasteiger partial charge in [-0.05, 0) is 30.0 Å². The lowest BCUT2D eigenvalue weighted by molar-refractivity contribution is -0.136. The standard InChI is InChI=1S/C17H14F3N3O3S/c1-10-5-2-3-6-11(10)21-15(25)16(26)23-22-14(17(18,19)20)9-12(24)13-7-4-8-27-13/h2-8H,9H2,1H3,(H,21,25)(H,23,26)/b22-14-. The number of nitrogens with zero attached hydrogens (tertiary/aromatic N) is 1. The number of thiophene rings is 1. The summed E-state index contributed by atoms with van der Waals surface area (Å²) in [6.07, 6.45) is -5.99. The van der Waals surface area contributed by atoms with Crippen LogP contribution in [0.1, 0.15) is 21.7 Å². The van der Waals surface area contributed by atoms with Gasteiger partial charge in [0.15, 0.2) is 5.78 Å². The van der Waals surface area contributed by atoms with E-state index >= 15 is 0 Å². The molecular formula is C17H14F3N3O3S. The van der Waals surface area contributed by atoms with Crippen LogP contribution in [0, 0.1) is 6.92 Å². The average molecular weight is 397 g/mol. The third-order valence-corrected chi connectivity index (χ3v) is 4.25. The zero-order valence-electron chi connectivity index (χ0n) is 14.0. The molecule has 6 nitrogen and oxygen atoms in total. The molecule has 0 saturated heterocycles. The summed E-state index contributed by atoms with van der Waals surface area (Å²) in [5, 5.41) is 6.76. The molecule has 0 aliphatic carbocycles. The molecule has 10 heteroatoms. The number of aryl methyl sites for hydroxylation is 1. The molecule has 0 aliphatic heterocycles. The van der Waals surface area contributed by atoms with E-state index in [0.29, 0.717) is 11.3 Å². The summed E-state index contributed by atoms with van der Waals surface area (Å²) in [7, 11) is 0. The maximum absolute atomic E-state index is 13.0. The van der Waals surface area contributed by atoms with Crippen LogP contribution in [0.2, 0.25) is 0 Å². The fraction of sp³-hybridized carbons (Fsp3) is 0.176. The maximum Gasteiger partial charge on any atom is 0.431 e. The summed E-state index contributed by atoms with van der Waals surface area (Å²) in [5.41, 5.74) is 1.05. The normalized spacial score (nSPS) is 11.8. The molecule has 0 atom stereocenters. The Hall–Kier alpha value is -3.01. The van der Waals surface area contributed by atoms with Gasteiger partial charge < -0.3 is 5.32 Å². The molecule has 2 amide bonds. The molecule has 2 N–H and O–H groups in total. The van der Waals surface area contributed by atoms with Crippen LogP contribution in [-0.4, -0.2) is 29.5 Å². The van der Waals surface area contributed by atoms with Gasteiger partial charge in [0.05, 0.1) is 11.3 Å². The molecule has 1 aromatic heterocycles. The monoisotopic (exact) mass is 397 g/mol. The van der Waals surface area contributed by atoms with Gasteiger partial charge >= 0.3 is 18.0 Å². The van der Waals surface area contributed by atoms with E-state index in [1.807, 2.05) is 0 Å². The molecule has 1 heterocycles. The lowest BCUT2D eigenvalue weighted by atomic mass is 10.1. The van der Waals surface area contributed by atoms with Crippen molar-refractivity contribution in [3.8, 4) is 0 Å². The summed E-state index contributed by atoms with van der Waals surface area (Å²) in [5.74, 6) is -3.36. The van der Waals surface area contributed by atoms with E-state index in [-0.39, 0.29) is 4.88 Å². The predicted octanol–water partition coefficient (Wildman–Crippen LogP) is 3.30. The second kappa shape index (κ2) is 8.58. The van der Waals surface area contributed by atoms with Gasteiger partial charge in [-0.15, -0.1) is 11.3 Å². The molecule has 2 aromatic rings. The maximum atomic E-state index is 13.0. The van der Waals surface area contributed by atoms with E-state index in [9.17, 15) is 27.6 Å². The minimum Gasteiger partial charge on any atom is -0.317 e. The van der Waals surface area contributed by atoms with E-state index in [2.05, 4.69) is 10.4 Å². The van der Waals surface area contributed by atoms with Crippen molar-refractivity contribution in [3.05, 3.63) is 52.2 Å². The number of hydrazone groups is 1. The molecule has 27 heavy (non-hydrogen) atoms. The molecule has 0 aliphatic rings. The second-order valence-electron chi connectivity index (χ2n) is 5.34. The van der Waals surface area contributed by atoms with E-state index in [4.69, 9.17) is 0 Å². The first kappa shape index (κ1) is 20.3. The average Bonchev–Trinajstić information content (AvgIpc) is 3.13. The van der Waals surface area contributed by atoms with Crippen molar-refractivity contribution in [2.24, 2.45) is 5.10 Å². The third kappa shape index (κ3) is 5.74. The first-order valence-electron chi connectivity index (χ1n) is 7.56. The van der Waals surface area contributed by atoms with Crippen LogP contribution in [0.25, 0.3) is 0 Å². The Morgan fingerprint density at radius 3 is 2.37 bits per heavy atom. The number of anilines is 1. The highest BCUT2D eigenvalue weighted by atomic mass is 32.1. The lowest BCUT2D eigenvalue weighted by Crippen LogP contribution is -2.35. The van der Waals surface area contributed by atoms with Gasteiger partial charge in [-0.2, -0.15) is 18.3 Å². The van der Waals surface area contributed by atoms with Gasteiger partial charge in [-0.25, -0.2) is 5.43 Å². The van der Waals surface area contributed by atoms with Gasteiger partial charge in [0.1, 0.15) is 5.71 Å². The topological polar surface area (TPSA) is 87.6 Å². The molecule has 1 aromatic carbocycles. The Bertz CT molecular complexity index is 877. The van der Waals surface area contributed by atoms with Crippen LogP contribution >= 0.6 is 11.3 Å². The van der Waals surface area contributed by atoms with Gasteiger partial charge in [0.25, 0.3) is 0 Å². The van der Waals surface area contributed by atoms with Crippen LogP contribution in [-0.2, 0) is 9.59 Å². The molecule has 0 spiro atoms. The fourth-order valence-corrected chi connectivity index (χ4v) is 2.61. The second-order valence-corrected chi connectivity index (χ2v) is 6.29. The number of carbonyl (C=O) groups excluding carboxylic acids is 3. The van der Waals surface area contributed by atoms with Gasteiger partial charge in [0, 0.05) is 5.69 Å². The van der Waals surface area contributed by atoms with Gasteiger partial charge in [0.2, 0.25) is 0 Å². The van der Waals surface area contributed by atoms with Crippen LogP contribution in [0.5, 0.6) is 0 Å². The number of hydrogen-bond donors (Lipinski definition) is 2. The van der Waals surface area contributed by atoms with Crippen LogP contribution in [0.3, 0.4) is 0 Å². The number of halogens is 3. The van der Waals surface area contributed by atoms with Crippen LogP contribution in [0.4, 0.5) is 18.9 Å². The molecule has 2 rings (SSSR count). The number of hydrogen-bond acceptors (Lipinski definition) is 5. The minimum atomic E-state index is -4.94. The van der Waals surface area contributed by atoms with Crippen molar-refractivity contribution in [3.63, 3.8) is 0 Å². The largest absolute Gasteiger partial charge is 0.431 e. The zero-order chi connectivity index (χ0) is 20.0. The number of benzene rings is 1. The summed E-state index contributed by atoms with van der Waals surface area (Å²) < 4.78 is 39.1. The number of Topliss-reactive ketones (excluding diaryl/α,β-unsaturated/α-hetero) is 1. The molecule has 0 unspecified atom stereocenters. The molecule has 0 fully saturated rings. The van der Waals surface area contributed by atoms with Gasteiger partial charge in [-0.3, -0.25) is 14.4 Å². The molecule has 0 saturated carbocycles. The number of para-hydroxylation sites is 1. The van der Waals surface area contributed by atoms with E-state index in [1.165, 1.54) is 18.2 Å². The fourth-order valence-electron chi connectivity index (χ4n) is 1.94. The van der Waals surface area contributed by atoms with Crippen LogP contribution < -0.4 is 10.7 Å². The van der Waals surface area contributed by atoms with E-state index in [0.717, 1.165) is 11.3 Å². The van der Waals surface area contributed by atoms with E-state index < -0.39 is 35.9 Å². The highest BCUT2D eigenvalue weighted by Crippen LogP contribution is 2.22. The number of nitrogens with one attached hydrogen (secondary N) is 2. The smallest absolute Gasteiger partial charge is 0.317 e. The highest BCUT2D eigenvalue weighted by Gasteiger charge is 2.37. The van der Waals surface area contributed by atoms with Crippen molar-refractivity contribution in [2.75, 3.05) is 5.32 Å². The third-order valence-electron chi connectivity index (χ3n) is 3.34. The Kier molecular flexibility index (Phi) is 6.45. The Labute approximate surface area is 156 Å². The molecular weight excluding hydrogens is 383 g/mol. The first-order valence-corrected chi connectivity index (χ1v) is 8.44. The predicted molar refractivity (Wildman–Crippen MR) is 94.7 cm³/mol. The summed E-state index contributed by atoms with van der Waals surface area (Å²) >= 11 is 0.992. The number of rotatable bonds is 5. The van der Waals surface area contributed by atoms with Crippen LogP contribution in [0.15, 0.2) is 46.9 Å². The lowest BCUT2D eigenvalue weighted by Gasteiger charge is -2.10. The minimum absolute atomic E-state index is 0.135.